The van der Waals surface area contributed by atoms with Crippen molar-refractivity contribution < 1.29 is 0 Å². The average molecular weight is 230 g/mol. The summed E-state index contributed by atoms with van der Waals surface area (Å²) in [6.45, 7) is 1.95. The van der Waals surface area contributed by atoms with Gasteiger partial charge in [0.25, 0.3) is 0 Å². The molecule has 2 aromatic heterocycles. The summed E-state index contributed by atoms with van der Waals surface area (Å²) in [6.07, 6.45) is 1.72. The second-order valence-electron chi connectivity index (χ2n) is 3.64. The van der Waals surface area contributed by atoms with Gasteiger partial charge in [0.1, 0.15) is 5.52 Å². The maximum absolute atomic E-state index is 6.02. The lowest BCUT2D eigenvalue weighted by atomic mass is 10.2. The Morgan fingerprint density at radius 2 is 1.62 bits per heavy atom. The highest BCUT2D eigenvalue weighted by atomic mass is 35.5. The van der Waals surface area contributed by atoms with Crippen LogP contribution < -0.4 is 0 Å². The van der Waals surface area contributed by atoms with E-state index in [2.05, 4.69) is 15.0 Å². The molecule has 0 N–H and O–H groups in total. The number of aromatic nitrogens is 3. The number of nitrogens with zero attached hydrogens (tertiary/aromatic N) is 3. The molecule has 0 atom stereocenters. The molecule has 0 saturated heterocycles. The van der Waals surface area contributed by atoms with Gasteiger partial charge in [-0.1, -0.05) is 23.7 Å². The number of fused-ring (bicyclic) bond motifs is 2. The lowest BCUT2D eigenvalue weighted by Gasteiger charge is -2.03. The van der Waals surface area contributed by atoms with Gasteiger partial charge in [0.2, 0.25) is 0 Å². The summed E-state index contributed by atoms with van der Waals surface area (Å²) in [5.74, 6) is 0. The van der Waals surface area contributed by atoms with Crippen molar-refractivity contribution in [1.29, 1.82) is 0 Å². The number of benzene rings is 1. The van der Waals surface area contributed by atoms with Crippen molar-refractivity contribution in [3.05, 3.63) is 41.2 Å². The number of aryl methyl sites for hydroxylation is 1. The second kappa shape index (κ2) is 3.39. The van der Waals surface area contributed by atoms with Gasteiger partial charge in [-0.2, -0.15) is 0 Å². The first-order valence-corrected chi connectivity index (χ1v) is 5.31. The summed E-state index contributed by atoms with van der Waals surface area (Å²) in [7, 11) is 0. The minimum atomic E-state index is 0.402. The number of hydrogen-bond acceptors (Lipinski definition) is 3. The third kappa shape index (κ3) is 1.32. The molecule has 1 aromatic carbocycles. The predicted octanol–water partition coefficient (Wildman–Crippen LogP) is 3.14. The molecule has 0 spiro atoms. The third-order valence-electron chi connectivity index (χ3n) is 2.51. The summed E-state index contributed by atoms with van der Waals surface area (Å²) in [6, 6.07) is 7.73. The minimum absolute atomic E-state index is 0.402. The Morgan fingerprint density at radius 1 is 1.00 bits per heavy atom. The lowest BCUT2D eigenvalue weighted by molar-refractivity contribution is 1.25. The number of hydrogen-bond donors (Lipinski definition) is 0. The van der Waals surface area contributed by atoms with Gasteiger partial charge in [-0.3, -0.25) is 0 Å². The highest BCUT2D eigenvalue weighted by Crippen LogP contribution is 2.23. The van der Waals surface area contributed by atoms with Crippen molar-refractivity contribution in [2.45, 2.75) is 6.92 Å². The molecule has 4 heteroatoms. The van der Waals surface area contributed by atoms with Gasteiger partial charge in [-0.25, -0.2) is 15.0 Å². The predicted molar refractivity (Wildman–Crippen MR) is 64.6 cm³/mol. The summed E-state index contributed by atoms with van der Waals surface area (Å²) in [5, 5.41) is 0.402. The fourth-order valence-corrected chi connectivity index (χ4v) is 1.88. The fraction of sp³-hybridized carbons (Fsp3) is 0.0833. The summed E-state index contributed by atoms with van der Waals surface area (Å²) in [5.41, 5.74) is 4.18. The van der Waals surface area contributed by atoms with Gasteiger partial charge < -0.3 is 0 Å². The molecule has 3 rings (SSSR count). The molecule has 0 bridgehead atoms. The van der Waals surface area contributed by atoms with Crippen molar-refractivity contribution in [2.24, 2.45) is 0 Å². The van der Waals surface area contributed by atoms with Gasteiger partial charge in [0.15, 0.2) is 5.15 Å². The highest BCUT2D eigenvalue weighted by molar-refractivity contribution is 6.33. The van der Waals surface area contributed by atoms with E-state index in [0.29, 0.717) is 10.7 Å². The number of pyridine rings is 1. The van der Waals surface area contributed by atoms with Crippen LogP contribution in [0, 0.1) is 6.92 Å². The minimum Gasteiger partial charge on any atom is -0.244 e. The second-order valence-corrected chi connectivity index (χ2v) is 4.00. The van der Waals surface area contributed by atoms with Crippen molar-refractivity contribution in [2.75, 3.05) is 0 Å². The van der Waals surface area contributed by atoms with E-state index in [9.17, 15) is 0 Å². The van der Waals surface area contributed by atoms with Crippen LogP contribution in [0.4, 0.5) is 0 Å². The number of halogens is 1. The zero-order valence-electron chi connectivity index (χ0n) is 8.61. The van der Waals surface area contributed by atoms with Crippen LogP contribution in [0.5, 0.6) is 0 Å². The van der Waals surface area contributed by atoms with Crippen molar-refractivity contribution in [3.8, 4) is 0 Å². The van der Waals surface area contributed by atoms with Crippen LogP contribution >= 0.6 is 11.6 Å². The maximum atomic E-state index is 6.02. The Morgan fingerprint density at radius 3 is 2.31 bits per heavy atom. The molecule has 78 valence electrons. The largest absolute Gasteiger partial charge is 0.244 e. The molecule has 0 saturated carbocycles. The normalized spacial score (nSPS) is 11.1. The Hall–Kier alpha value is -1.74. The van der Waals surface area contributed by atoms with Gasteiger partial charge >= 0.3 is 0 Å². The molecule has 3 aromatic rings. The molecule has 16 heavy (non-hydrogen) atoms. The van der Waals surface area contributed by atoms with Gasteiger partial charge in [-0.15, -0.1) is 0 Å². The van der Waals surface area contributed by atoms with E-state index in [0.717, 1.165) is 22.1 Å². The van der Waals surface area contributed by atoms with Gasteiger partial charge in [-0.05, 0) is 24.6 Å². The van der Waals surface area contributed by atoms with Crippen molar-refractivity contribution in [1.82, 2.24) is 15.0 Å². The quantitative estimate of drug-likeness (QED) is 0.439. The first-order chi connectivity index (χ1) is 7.75. The molecule has 2 heterocycles. The molecule has 0 aliphatic heterocycles. The molecular weight excluding hydrogens is 222 g/mol. The molecule has 0 unspecified atom stereocenters. The molecule has 0 aliphatic rings. The zero-order chi connectivity index (χ0) is 11.1. The van der Waals surface area contributed by atoms with E-state index in [1.54, 1.807) is 6.20 Å². The van der Waals surface area contributed by atoms with Crippen LogP contribution in [-0.4, -0.2) is 15.0 Å². The van der Waals surface area contributed by atoms with E-state index in [1.807, 2.05) is 31.2 Å². The molecule has 0 amide bonds. The Labute approximate surface area is 97.1 Å². The third-order valence-corrected chi connectivity index (χ3v) is 2.79. The first kappa shape index (κ1) is 9.48. The Balaban J connectivity index is 2.56. The number of para-hydroxylation sites is 2. The van der Waals surface area contributed by atoms with Crippen LogP contribution in [0.3, 0.4) is 0 Å². The smallest absolute Gasteiger partial charge is 0.156 e. The molecule has 0 aliphatic carbocycles. The standard InChI is InChI=1S/C12H8ClN3/c1-7-6-14-12(13)11-10(7)15-8-4-2-3-5-9(8)16-11/h2-6H,1H3. The van der Waals surface area contributed by atoms with Gasteiger partial charge in [0.05, 0.1) is 16.6 Å². The molecule has 0 fully saturated rings. The van der Waals surface area contributed by atoms with Crippen LogP contribution in [-0.2, 0) is 0 Å². The molecule has 0 radical (unpaired) electrons. The zero-order valence-corrected chi connectivity index (χ0v) is 9.36. The lowest BCUT2D eigenvalue weighted by Crippen LogP contribution is -1.92. The van der Waals surface area contributed by atoms with E-state index in [4.69, 9.17) is 11.6 Å². The van der Waals surface area contributed by atoms with Crippen LogP contribution in [0.1, 0.15) is 5.56 Å². The monoisotopic (exact) mass is 229 g/mol. The Kier molecular flexibility index (Phi) is 2.01. The van der Waals surface area contributed by atoms with E-state index in [1.165, 1.54) is 0 Å². The fourth-order valence-electron chi connectivity index (χ4n) is 1.69. The molecular formula is C12H8ClN3. The average Bonchev–Trinajstić information content (AvgIpc) is 2.32. The van der Waals surface area contributed by atoms with E-state index in [-0.39, 0.29) is 0 Å². The maximum Gasteiger partial charge on any atom is 0.156 e. The van der Waals surface area contributed by atoms with Crippen LogP contribution in [0.25, 0.3) is 22.1 Å². The molecule has 3 nitrogen and oxygen atoms in total. The topological polar surface area (TPSA) is 38.7 Å². The number of rotatable bonds is 0. The summed E-state index contributed by atoms with van der Waals surface area (Å²) < 4.78 is 0. The van der Waals surface area contributed by atoms with Crippen molar-refractivity contribution in [3.63, 3.8) is 0 Å². The SMILES string of the molecule is Cc1cnc(Cl)c2nc3ccccc3nc12. The van der Waals surface area contributed by atoms with Crippen molar-refractivity contribution >= 4 is 33.7 Å². The van der Waals surface area contributed by atoms with E-state index < -0.39 is 0 Å². The van der Waals surface area contributed by atoms with Crippen LogP contribution in [0.15, 0.2) is 30.5 Å². The summed E-state index contributed by atoms with van der Waals surface area (Å²) >= 11 is 6.02. The highest BCUT2D eigenvalue weighted by Gasteiger charge is 2.07. The van der Waals surface area contributed by atoms with Gasteiger partial charge in [0, 0.05) is 6.20 Å². The Bertz CT molecular complexity index is 634. The summed E-state index contributed by atoms with van der Waals surface area (Å²) in [4.78, 5) is 13.1. The van der Waals surface area contributed by atoms with Crippen LogP contribution in [0.2, 0.25) is 5.15 Å². The van der Waals surface area contributed by atoms with E-state index >= 15 is 0 Å². The first-order valence-electron chi connectivity index (χ1n) is 4.93.